The van der Waals surface area contributed by atoms with Crippen LogP contribution in [0.3, 0.4) is 0 Å². The van der Waals surface area contributed by atoms with E-state index in [1.807, 2.05) is 13.8 Å². The smallest absolute Gasteiger partial charge is 0.221 e. The zero-order valence-electron chi connectivity index (χ0n) is 9.79. The molecule has 88 valence electrons. The van der Waals surface area contributed by atoms with E-state index < -0.39 is 0 Å². The summed E-state index contributed by atoms with van der Waals surface area (Å²) in [4.78, 5) is 8.37. The van der Waals surface area contributed by atoms with Gasteiger partial charge in [0.15, 0.2) is 0 Å². The molecule has 1 aromatic heterocycles. The minimum atomic E-state index is 0.461. The van der Waals surface area contributed by atoms with Crippen molar-refractivity contribution >= 4 is 5.82 Å². The molecule has 1 fully saturated rings. The lowest BCUT2D eigenvalue weighted by Gasteiger charge is -2.15. The lowest BCUT2D eigenvalue weighted by Crippen LogP contribution is -2.23. The first-order valence-electron chi connectivity index (χ1n) is 5.73. The van der Waals surface area contributed by atoms with Gasteiger partial charge in [0.2, 0.25) is 5.88 Å². The van der Waals surface area contributed by atoms with E-state index in [2.05, 4.69) is 20.6 Å². The van der Waals surface area contributed by atoms with E-state index in [1.54, 1.807) is 6.33 Å². The van der Waals surface area contributed by atoms with Crippen molar-refractivity contribution in [3.05, 3.63) is 11.9 Å². The van der Waals surface area contributed by atoms with Gasteiger partial charge in [-0.05, 0) is 26.8 Å². The summed E-state index contributed by atoms with van der Waals surface area (Å²) in [5.41, 5.74) is 0.983. The first-order valence-corrected chi connectivity index (χ1v) is 5.73. The highest BCUT2D eigenvalue weighted by molar-refractivity contribution is 5.48. The van der Waals surface area contributed by atoms with Crippen LogP contribution in [0.2, 0.25) is 0 Å². The second kappa shape index (κ2) is 5.12. The van der Waals surface area contributed by atoms with Crippen molar-refractivity contribution in [1.29, 1.82) is 0 Å². The molecule has 0 bridgehead atoms. The molecule has 0 aliphatic carbocycles. The molecular weight excluding hydrogens is 204 g/mol. The monoisotopic (exact) mass is 222 g/mol. The number of anilines is 1. The maximum absolute atomic E-state index is 5.44. The van der Waals surface area contributed by atoms with Gasteiger partial charge in [-0.15, -0.1) is 0 Å². The van der Waals surface area contributed by atoms with E-state index in [-0.39, 0.29) is 0 Å². The van der Waals surface area contributed by atoms with Crippen LogP contribution in [0.25, 0.3) is 0 Å². The van der Waals surface area contributed by atoms with Crippen LogP contribution in [0.1, 0.15) is 18.9 Å². The van der Waals surface area contributed by atoms with Gasteiger partial charge in [-0.3, -0.25) is 0 Å². The number of rotatable bonds is 4. The molecule has 1 aromatic rings. The first kappa shape index (κ1) is 11.1. The van der Waals surface area contributed by atoms with Gasteiger partial charge in [0.05, 0.1) is 12.2 Å². The summed E-state index contributed by atoms with van der Waals surface area (Å²) in [6.45, 7) is 6.63. The largest absolute Gasteiger partial charge is 0.478 e. The third-order valence-electron chi connectivity index (χ3n) is 2.72. The van der Waals surface area contributed by atoms with Crippen molar-refractivity contribution in [3.63, 3.8) is 0 Å². The average Bonchev–Trinajstić information content (AvgIpc) is 2.77. The molecule has 16 heavy (non-hydrogen) atoms. The summed E-state index contributed by atoms with van der Waals surface area (Å²) < 4.78 is 5.44. The molecule has 1 aliphatic heterocycles. The molecule has 0 radical (unpaired) electrons. The Labute approximate surface area is 95.6 Å². The maximum Gasteiger partial charge on any atom is 0.221 e. The Kier molecular flexibility index (Phi) is 3.56. The fraction of sp³-hybridized carbons (Fsp3) is 0.636. The molecule has 2 rings (SSSR count). The van der Waals surface area contributed by atoms with Crippen molar-refractivity contribution in [2.45, 2.75) is 26.3 Å². The molecule has 1 saturated heterocycles. The van der Waals surface area contributed by atoms with E-state index >= 15 is 0 Å². The number of hydrogen-bond donors (Lipinski definition) is 2. The highest BCUT2D eigenvalue weighted by Gasteiger charge is 2.16. The third kappa shape index (κ3) is 2.41. The van der Waals surface area contributed by atoms with Gasteiger partial charge in [-0.2, -0.15) is 0 Å². The third-order valence-corrected chi connectivity index (χ3v) is 2.72. The molecule has 2 N–H and O–H groups in total. The van der Waals surface area contributed by atoms with Gasteiger partial charge in [0.1, 0.15) is 12.1 Å². The van der Waals surface area contributed by atoms with Crippen LogP contribution >= 0.6 is 0 Å². The SMILES string of the molecule is CCOc1ncnc(NC2CCNC2)c1C. The first-order chi connectivity index (χ1) is 7.81. The van der Waals surface area contributed by atoms with Crippen molar-refractivity contribution in [3.8, 4) is 5.88 Å². The van der Waals surface area contributed by atoms with Gasteiger partial charge in [-0.1, -0.05) is 0 Å². The molecular formula is C11H18N4O. The standard InChI is InChI=1S/C11H18N4O/c1-3-16-11-8(2)10(13-7-14-11)15-9-4-5-12-6-9/h7,9,12H,3-6H2,1-2H3,(H,13,14,15). The summed E-state index contributed by atoms with van der Waals surface area (Å²) >= 11 is 0. The van der Waals surface area contributed by atoms with Crippen molar-refractivity contribution in [2.24, 2.45) is 0 Å². The van der Waals surface area contributed by atoms with E-state index in [0.717, 1.165) is 30.9 Å². The number of nitrogens with zero attached hydrogens (tertiary/aromatic N) is 2. The molecule has 0 amide bonds. The van der Waals surface area contributed by atoms with Crippen LogP contribution in [-0.4, -0.2) is 35.7 Å². The Bertz CT molecular complexity index is 350. The highest BCUT2D eigenvalue weighted by atomic mass is 16.5. The zero-order valence-corrected chi connectivity index (χ0v) is 9.79. The van der Waals surface area contributed by atoms with E-state index in [1.165, 1.54) is 0 Å². The molecule has 5 nitrogen and oxygen atoms in total. The fourth-order valence-corrected chi connectivity index (χ4v) is 1.83. The predicted octanol–water partition coefficient (Wildman–Crippen LogP) is 0.958. The minimum absolute atomic E-state index is 0.461. The van der Waals surface area contributed by atoms with Crippen LogP contribution in [0.4, 0.5) is 5.82 Å². The van der Waals surface area contributed by atoms with Crippen molar-refractivity contribution < 1.29 is 4.74 Å². The Balaban J connectivity index is 2.10. The second-order valence-corrected chi connectivity index (χ2v) is 3.92. The fourth-order valence-electron chi connectivity index (χ4n) is 1.83. The zero-order chi connectivity index (χ0) is 11.4. The van der Waals surface area contributed by atoms with Gasteiger partial charge in [0, 0.05) is 12.6 Å². The van der Waals surface area contributed by atoms with E-state index in [0.29, 0.717) is 18.5 Å². The van der Waals surface area contributed by atoms with Gasteiger partial charge in [0.25, 0.3) is 0 Å². The topological polar surface area (TPSA) is 59.1 Å². The van der Waals surface area contributed by atoms with Crippen molar-refractivity contribution in [2.75, 3.05) is 25.0 Å². The van der Waals surface area contributed by atoms with Crippen LogP contribution in [0.5, 0.6) is 5.88 Å². The second-order valence-electron chi connectivity index (χ2n) is 3.92. The summed E-state index contributed by atoms with van der Waals surface area (Å²) in [7, 11) is 0. The Hall–Kier alpha value is -1.36. The summed E-state index contributed by atoms with van der Waals surface area (Å²) in [6.07, 6.45) is 2.68. The number of nitrogens with one attached hydrogen (secondary N) is 2. The Morgan fingerprint density at radius 2 is 2.44 bits per heavy atom. The summed E-state index contributed by atoms with van der Waals surface area (Å²) in [5, 5.41) is 6.73. The molecule has 5 heteroatoms. The van der Waals surface area contributed by atoms with E-state index in [9.17, 15) is 0 Å². The quantitative estimate of drug-likeness (QED) is 0.794. The number of ether oxygens (including phenoxy) is 1. The van der Waals surface area contributed by atoms with E-state index in [4.69, 9.17) is 4.74 Å². The number of hydrogen-bond acceptors (Lipinski definition) is 5. The molecule has 0 spiro atoms. The minimum Gasteiger partial charge on any atom is -0.478 e. The van der Waals surface area contributed by atoms with Crippen LogP contribution in [0.15, 0.2) is 6.33 Å². The van der Waals surface area contributed by atoms with Crippen LogP contribution < -0.4 is 15.4 Å². The highest BCUT2D eigenvalue weighted by Crippen LogP contribution is 2.21. The number of aromatic nitrogens is 2. The normalized spacial score (nSPS) is 19.8. The molecule has 1 aliphatic rings. The van der Waals surface area contributed by atoms with Crippen LogP contribution in [0, 0.1) is 6.92 Å². The lowest BCUT2D eigenvalue weighted by atomic mass is 10.2. The Morgan fingerprint density at radius 1 is 1.56 bits per heavy atom. The average molecular weight is 222 g/mol. The predicted molar refractivity (Wildman–Crippen MR) is 62.8 cm³/mol. The molecule has 0 aromatic carbocycles. The summed E-state index contributed by atoms with van der Waals surface area (Å²) in [5.74, 6) is 1.55. The lowest BCUT2D eigenvalue weighted by molar-refractivity contribution is 0.324. The van der Waals surface area contributed by atoms with Gasteiger partial charge >= 0.3 is 0 Å². The summed E-state index contributed by atoms with van der Waals surface area (Å²) in [6, 6.07) is 0.461. The van der Waals surface area contributed by atoms with Crippen molar-refractivity contribution in [1.82, 2.24) is 15.3 Å². The van der Waals surface area contributed by atoms with Crippen LogP contribution in [-0.2, 0) is 0 Å². The molecule has 1 atom stereocenters. The molecule has 1 unspecified atom stereocenters. The maximum atomic E-state index is 5.44. The van der Waals surface area contributed by atoms with Gasteiger partial charge in [-0.25, -0.2) is 9.97 Å². The molecule has 2 heterocycles. The van der Waals surface area contributed by atoms with Gasteiger partial charge < -0.3 is 15.4 Å². The molecule has 0 saturated carbocycles. The Morgan fingerprint density at radius 3 is 3.12 bits per heavy atom.